The molecular formula is C48H78O18. The van der Waals surface area contributed by atoms with Crippen LogP contribution in [0.3, 0.4) is 0 Å². The van der Waals surface area contributed by atoms with Gasteiger partial charge in [0, 0.05) is 5.41 Å². The van der Waals surface area contributed by atoms with Crippen molar-refractivity contribution in [2.45, 2.75) is 204 Å². The minimum absolute atomic E-state index is 0.0596. The fourth-order valence-electron chi connectivity index (χ4n) is 15.1. The van der Waals surface area contributed by atoms with Gasteiger partial charge in [-0.2, -0.15) is 0 Å². The molecule has 18 nitrogen and oxygen atoms in total. The van der Waals surface area contributed by atoms with Crippen LogP contribution in [0.5, 0.6) is 0 Å². The predicted octanol–water partition coefficient (Wildman–Crippen LogP) is -0.00360. The molecule has 26 atom stereocenters. The molecule has 0 aromatic rings. The lowest BCUT2D eigenvalue weighted by Crippen LogP contribution is -2.66. The lowest BCUT2D eigenvalue weighted by molar-refractivity contribution is -0.361. The molecule has 8 rings (SSSR count). The van der Waals surface area contributed by atoms with Gasteiger partial charge in [-0.1, -0.05) is 53.2 Å². The van der Waals surface area contributed by atoms with Crippen LogP contribution in [0.2, 0.25) is 0 Å². The second-order valence-corrected chi connectivity index (χ2v) is 22.8. The van der Waals surface area contributed by atoms with Crippen molar-refractivity contribution in [3.63, 3.8) is 0 Å². The van der Waals surface area contributed by atoms with Gasteiger partial charge in [0.1, 0.15) is 67.1 Å². The number of carbonyl (C=O) groups excluding carboxylic acids is 1. The molecule has 0 aromatic carbocycles. The van der Waals surface area contributed by atoms with Crippen LogP contribution in [-0.4, -0.2) is 180 Å². The Morgan fingerprint density at radius 2 is 1.33 bits per heavy atom. The lowest BCUT2D eigenvalue weighted by Gasteiger charge is -2.71. The Balaban J connectivity index is 0.979. The smallest absolute Gasteiger partial charge is 0.315 e. The molecule has 8 aliphatic rings. The molecule has 26 unspecified atom stereocenters. The van der Waals surface area contributed by atoms with Gasteiger partial charge in [-0.15, -0.1) is 0 Å². The first-order chi connectivity index (χ1) is 30.9. The molecule has 7 fully saturated rings. The van der Waals surface area contributed by atoms with Crippen molar-refractivity contribution in [1.82, 2.24) is 0 Å². The third-order valence-electron chi connectivity index (χ3n) is 19.8. The monoisotopic (exact) mass is 943 g/mol. The van der Waals surface area contributed by atoms with Crippen LogP contribution in [0.4, 0.5) is 0 Å². The van der Waals surface area contributed by atoms with Crippen molar-refractivity contribution in [2.24, 2.45) is 56.7 Å². The number of ether oxygens (including phenoxy) is 6. The highest BCUT2D eigenvalue weighted by Gasteiger charge is 2.70. The average molecular weight is 943 g/mol. The molecule has 0 amide bonds. The number of aliphatic hydroxyl groups excluding tert-OH is 11. The number of rotatable bonds is 9. The molecule has 3 aliphatic heterocycles. The predicted molar refractivity (Wildman–Crippen MR) is 230 cm³/mol. The van der Waals surface area contributed by atoms with Gasteiger partial charge in [0.15, 0.2) is 12.6 Å². The minimum Gasteiger partial charge on any atom is -0.432 e. The highest BCUT2D eigenvalue weighted by atomic mass is 16.8. The van der Waals surface area contributed by atoms with Crippen molar-refractivity contribution in [2.75, 3.05) is 19.8 Å². The van der Waals surface area contributed by atoms with E-state index in [-0.39, 0.29) is 40.6 Å². The fraction of sp³-hybridized carbons (Fsp3) is 0.938. The van der Waals surface area contributed by atoms with Gasteiger partial charge >= 0.3 is 5.97 Å². The molecule has 3 saturated heterocycles. The highest BCUT2D eigenvalue weighted by Crippen LogP contribution is 2.76. The Morgan fingerprint density at radius 3 is 2.02 bits per heavy atom. The van der Waals surface area contributed by atoms with Crippen LogP contribution >= 0.6 is 0 Å². The fourth-order valence-corrected chi connectivity index (χ4v) is 15.1. The zero-order valence-corrected chi connectivity index (χ0v) is 39.5. The van der Waals surface area contributed by atoms with Gasteiger partial charge in [0.2, 0.25) is 6.29 Å². The maximum atomic E-state index is 15.0. The summed E-state index contributed by atoms with van der Waals surface area (Å²) in [5, 5.41) is 118. The minimum atomic E-state index is -1.85. The summed E-state index contributed by atoms with van der Waals surface area (Å²) >= 11 is 0. The summed E-state index contributed by atoms with van der Waals surface area (Å²) in [6, 6.07) is 0. The zero-order chi connectivity index (χ0) is 48.2. The largest absolute Gasteiger partial charge is 0.432 e. The highest BCUT2D eigenvalue weighted by molar-refractivity contribution is 5.79. The summed E-state index contributed by atoms with van der Waals surface area (Å²) in [6.45, 7) is 13.7. The number of aliphatic hydroxyl groups is 11. The average Bonchev–Trinajstić information content (AvgIpc) is 3.29. The normalized spacial score (nSPS) is 56.2. The summed E-state index contributed by atoms with van der Waals surface area (Å²) in [5.74, 6) is 0.137. The number of carbonyl (C=O) groups is 1. The van der Waals surface area contributed by atoms with E-state index in [1.165, 1.54) is 12.5 Å². The second-order valence-electron chi connectivity index (χ2n) is 22.8. The molecule has 0 bridgehead atoms. The maximum Gasteiger partial charge on any atom is 0.315 e. The van der Waals surface area contributed by atoms with Gasteiger partial charge < -0.3 is 84.6 Å². The van der Waals surface area contributed by atoms with Gasteiger partial charge in [-0.05, 0) is 111 Å². The third kappa shape index (κ3) is 7.69. The Morgan fingerprint density at radius 1 is 0.682 bits per heavy atom. The van der Waals surface area contributed by atoms with Crippen LogP contribution in [0.1, 0.15) is 106 Å². The SMILES string of the molecule is CC1CCC2(C(=O)OC3OC(COC4OC(CO)C(OC5OC(C)C(O)C(O)C5O)C(O)C4O)C(O)C(O)C3O)CCC3(C)C(=CCC4C5(C)CCC(O)C(C)(CO)C5CCC43C)C2C1C. The van der Waals surface area contributed by atoms with Crippen LogP contribution in [-0.2, 0) is 33.2 Å². The van der Waals surface area contributed by atoms with E-state index in [0.29, 0.717) is 31.1 Å². The maximum absolute atomic E-state index is 15.0. The molecule has 5 aliphatic carbocycles. The Labute approximate surface area is 387 Å². The number of allylic oxidation sites excluding steroid dienone is 2. The molecule has 0 aromatic heterocycles. The van der Waals surface area contributed by atoms with Gasteiger partial charge in [0.05, 0.1) is 37.4 Å². The summed E-state index contributed by atoms with van der Waals surface area (Å²) in [4.78, 5) is 15.0. The van der Waals surface area contributed by atoms with E-state index in [1.54, 1.807) is 0 Å². The van der Waals surface area contributed by atoms with Crippen molar-refractivity contribution in [3.8, 4) is 0 Å². The van der Waals surface area contributed by atoms with Crippen LogP contribution in [0.15, 0.2) is 11.6 Å². The summed E-state index contributed by atoms with van der Waals surface area (Å²) < 4.78 is 34.8. The number of hydrogen-bond acceptors (Lipinski definition) is 18. The molecule has 378 valence electrons. The molecular weight excluding hydrogens is 865 g/mol. The van der Waals surface area contributed by atoms with E-state index in [1.807, 2.05) is 6.92 Å². The van der Waals surface area contributed by atoms with E-state index in [4.69, 9.17) is 28.4 Å². The van der Waals surface area contributed by atoms with Crippen molar-refractivity contribution >= 4 is 5.97 Å². The lowest BCUT2D eigenvalue weighted by atomic mass is 9.33. The first-order valence-electron chi connectivity index (χ1n) is 24.4. The van der Waals surface area contributed by atoms with Crippen molar-refractivity contribution in [3.05, 3.63) is 11.6 Å². The quantitative estimate of drug-likeness (QED) is 0.107. The third-order valence-corrected chi connectivity index (χ3v) is 19.8. The van der Waals surface area contributed by atoms with E-state index in [2.05, 4.69) is 40.7 Å². The first-order valence-corrected chi connectivity index (χ1v) is 24.4. The summed E-state index contributed by atoms with van der Waals surface area (Å²) in [5.41, 5.74) is -0.753. The Hall–Kier alpha value is -1.43. The van der Waals surface area contributed by atoms with E-state index < -0.39 is 128 Å². The van der Waals surface area contributed by atoms with E-state index in [0.717, 1.165) is 38.5 Å². The standard InChI is InChI=1S/C48H78O18/c1-21-10-15-48(17-16-46(6)24(30(48)22(21)2)8-9-28-44(4)13-12-29(51)45(5,20-50)27(44)11-14-47(28,46)7)43(60)66-42-37(58)34(55)32(53)26(64-42)19-61-40-38(59)35(56)39(25(18-49)63-40)65-41-36(57)33(54)31(52)23(3)62-41/h8,21-23,25-42,49-59H,9-20H2,1-7H3. The van der Waals surface area contributed by atoms with Crippen LogP contribution in [0.25, 0.3) is 0 Å². The molecule has 3 heterocycles. The molecule has 0 radical (unpaired) electrons. The number of fused-ring (bicyclic) bond motifs is 7. The number of hydrogen-bond donors (Lipinski definition) is 11. The first kappa shape index (κ1) is 50.9. The second kappa shape index (κ2) is 18.3. The molecule has 4 saturated carbocycles. The van der Waals surface area contributed by atoms with Gasteiger partial charge in [-0.3, -0.25) is 4.79 Å². The topological polar surface area (TPSA) is 295 Å². The van der Waals surface area contributed by atoms with Crippen molar-refractivity contribution < 1.29 is 89.4 Å². The Kier molecular flexibility index (Phi) is 14.1. The molecule has 0 spiro atoms. The van der Waals surface area contributed by atoms with Crippen molar-refractivity contribution in [1.29, 1.82) is 0 Å². The van der Waals surface area contributed by atoms with E-state index >= 15 is 0 Å². The zero-order valence-electron chi connectivity index (χ0n) is 39.5. The molecule has 11 N–H and O–H groups in total. The van der Waals surface area contributed by atoms with Crippen LogP contribution in [0, 0.1) is 56.7 Å². The molecule has 18 heteroatoms. The summed E-state index contributed by atoms with van der Waals surface area (Å²) in [7, 11) is 0. The van der Waals surface area contributed by atoms with Gasteiger partial charge in [0.25, 0.3) is 0 Å². The number of esters is 1. The summed E-state index contributed by atoms with van der Waals surface area (Å²) in [6.07, 6.45) is -15.6. The van der Waals surface area contributed by atoms with E-state index in [9.17, 15) is 61.0 Å². The molecule has 66 heavy (non-hydrogen) atoms. The Bertz CT molecular complexity index is 1790. The van der Waals surface area contributed by atoms with Gasteiger partial charge in [-0.25, -0.2) is 0 Å². The van der Waals surface area contributed by atoms with Crippen LogP contribution < -0.4 is 0 Å².